The summed E-state index contributed by atoms with van der Waals surface area (Å²) in [7, 11) is 1.65. The van der Waals surface area contributed by atoms with Crippen LogP contribution in [0.15, 0.2) is 34.0 Å². The number of rotatable bonds is 6. The molecule has 0 saturated carbocycles. The van der Waals surface area contributed by atoms with Gasteiger partial charge in [-0.05, 0) is 31.2 Å². The van der Waals surface area contributed by atoms with Crippen molar-refractivity contribution < 1.29 is 4.74 Å². The number of hydrogen-bond donors (Lipinski definition) is 1. The van der Waals surface area contributed by atoms with Crippen LogP contribution in [0.5, 0.6) is 5.75 Å². The number of nitrogens with zero attached hydrogens (tertiary/aromatic N) is 3. The van der Waals surface area contributed by atoms with Crippen LogP contribution in [0.25, 0.3) is 0 Å². The number of benzene rings is 1. The molecule has 5 nitrogen and oxygen atoms in total. The number of ether oxygens (including phenoxy) is 1. The van der Waals surface area contributed by atoms with Crippen LogP contribution in [0.2, 0.25) is 0 Å². The van der Waals surface area contributed by atoms with Gasteiger partial charge in [0.25, 0.3) is 0 Å². The normalized spacial score (nSPS) is 10.6. The Bertz CT molecular complexity index is 739. The molecule has 0 saturated heterocycles. The van der Waals surface area contributed by atoms with Gasteiger partial charge in [-0.2, -0.15) is 0 Å². The molecule has 3 aromatic rings. The van der Waals surface area contributed by atoms with Gasteiger partial charge in [-0.1, -0.05) is 23.1 Å². The third-order valence-electron chi connectivity index (χ3n) is 2.76. The van der Waals surface area contributed by atoms with Crippen LogP contribution in [-0.2, 0) is 5.75 Å². The minimum absolute atomic E-state index is 0.780. The van der Waals surface area contributed by atoms with Crippen LogP contribution in [0, 0.1) is 6.92 Å². The average molecular weight is 350 g/mol. The maximum absolute atomic E-state index is 5.14. The summed E-state index contributed by atoms with van der Waals surface area (Å²) in [5, 5.41) is 15.5. The van der Waals surface area contributed by atoms with Gasteiger partial charge in [-0.15, -0.1) is 21.5 Å². The van der Waals surface area contributed by atoms with E-state index in [0.29, 0.717) is 0 Å². The number of aryl methyl sites for hydroxylation is 1. The first-order chi connectivity index (χ1) is 10.7. The molecule has 114 valence electrons. The molecule has 2 aromatic heterocycles. The summed E-state index contributed by atoms with van der Waals surface area (Å²) in [6.07, 6.45) is 0. The van der Waals surface area contributed by atoms with Crippen LogP contribution in [0.4, 0.5) is 10.8 Å². The third-order valence-corrected chi connectivity index (χ3v) is 5.59. The summed E-state index contributed by atoms with van der Waals surface area (Å²) in [5.74, 6) is 1.65. The number of nitrogens with one attached hydrogen (secondary N) is 1. The molecule has 0 radical (unpaired) electrons. The van der Waals surface area contributed by atoms with Gasteiger partial charge in [0.15, 0.2) is 4.34 Å². The molecular weight excluding hydrogens is 336 g/mol. The summed E-state index contributed by atoms with van der Waals surface area (Å²) in [5.41, 5.74) is 2.05. The van der Waals surface area contributed by atoms with E-state index in [1.807, 2.05) is 31.2 Å². The lowest BCUT2D eigenvalue weighted by Gasteiger charge is -2.03. The summed E-state index contributed by atoms with van der Waals surface area (Å²) < 4.78 is 6.07. The first kappa shape index (κ1) is 15.3. The topological polar surface area (TPSA) is 59.9 Å². The van der Waals surface area contributed by atoms with Crippen LogP contribution in [-0.4, -0.2) is 22.3 Å². The lowest BCUT2D eigenvalue weighted by molar-refractivity contribution is 0.415. The largest absolute Gasteiger partial charge is 0.497 e. The van der Waals surface area contributed by atoms with Crippen molar-refractivity contribution in [2.75, 3.05) is 12.4 Å². The van der Waals surface area contributed by atoms with E-state index in [0.717, 1.165) is 37.4 Å². The molecule has 0 bridgehead atoms. The van der Waals surface area contributed by atoms with Crippen molar-refractivity contribution in [3.8, 4) is 5.75 Å². The fourth-order valence-corrected chi connectivity index (χ4v) is 4.11. The van der Waals surface area contributed by atoms with E-state index >= 15 is 0 Å². The molecule has 2 heterocycles. The van der Waals surface area contributed by atoms with E-state index in [1.165, 1.54) is 11.3 Å². The van der Waals surface area contributed by atoms with Crippen LogP contribution < -0.4 is 10.1 Å². The summed E-state index contributed by atoms with van der Waals surface area (Å²) in [6, 6.07) is 7.71. The van der Waals surface area contributed by atoms with Crippen molar-refractivity contribution in [1.82, 2.24) is 15.2 Å². The van der Waals surface area contributed by atoms with Crippen molar-refractivity contribution in [2.24, 2.45) is 0 Å². The molecule has 22 heavy (non-hydrogen) atoms. The molecule has 0 fully saturated rings. The molecule has 3 rings (SSSR count). The Hall–Kier alpha value is -1.64. The van der Waals surface area contributed by atoms with Gasteiger partial charge in [0, 0.05) is 16.8 Å². The van der Waals surface area contributed by atoms with E-state index in [2.05, 4.69) is 25.9 Å². The van der Waals surface area contributed by atoms with Crippen molar-refractivity contribution in [2.45, 2.75) is 17.0 Å². The van der Waals surface area contributed by atoms with Gasteiger partial charge < -0.3 is 10.1 Å². The molecule has 0 atom stereocenters. The molecule has 0 aliphatic heterocycles. The number of methoxy groups -OCH3 is 1. The van der Waals surface area contributed by atoms with Crippen LogP contribution in [0.3, 0.4) is 0 Å². The van der Waals surface area contributed by atoms with E-state index in [-0.39, 0.29) is 0 Å². The third kappa shape index (κ3) is 3.96. The van der Waals surface area contributed by atoms with Gasteiger partial charge in [0.2, 0.25) is 5.13 Å². The SMILES string of the molecule is COc1ccc(Nc2nnc(SCc3csc(C)n3)s2)cc1. The predicted octanol–water partition coefficient (Wildman–Crippen LogP) is 4.35. The maximum atomic E-state index is 5.14. The van der Waals surface area contributed by atoms with Crippen LogP contribution >= 0.6 is 34.4 Å². The molecule has 0 aliphatic carbocycles. The quantitative estimate of drug-likeness (QED) is 0.667. The Kier molecular flexibility index (Phi) is 4.91. The second kappa shape index (κ2) is 7.08. The van der Waals surface area contributed by atoms with Gasteiger partial charge in [0.1, 0.15) is 5.75 Å². The molecule has 0 aliphatic rings. The van der Waals surface area contributed by atoms with Crippen molar-refractivity contribution in [1.29, 1.82) is 0 Å². The Morgan fingerprint density at radius 2 is 2.05 bits per heavy atom. The smallest absolute Gasteiger partial charge is 0.210 e. The maximum Gasteiger partial charge on any atom is 0.210 e. The Balaban J connectivity index is 1.58. The summed E-state index contributed by atoms with van der Waals surface area (Å²) >= 11 is 4.86. The number of hydrogen-bond acceptors (Lipinski definition) is 8. The van der Waals surface area contributed by atoms with E-state index < -0.39 is 0 Å². The molecule has 1 N–H and O–H groups in total. The summed E-state index contributed by atoms with van der Waals surface area (Å²) in [4.78, 5) is 4.44. The standard InChI is InChI=1S/C14H14N4OS3/c1-9-15-11(7-20-9)8-21-14-18-17-13(22-14)16-10-3-5-12(19-2)6-4-10/h3-7H,8H2,1-2H3,(H,16,17). The zero-order valence-corrected chi connectivity index (χ0v) is 14.5. The molecule has 0 amide bonds. The van der Waals surface area contributed by atoms with Gasteiger partial charge in [0.05, 0.1) is 17.8 Å². The Morgan fingerprint density at radius 3 is 2.73 bits per heavy atom. The molecule has 8 heteroatoms. The van der Waals surface area contributed by atoms with Crippen LogP contribution in [0.1, 0.15) is 10.7 Å². The second-order valence-corrected chi connectivity index (χ2v) is 7.64. The van der Waals surface area contributed by atoms with Gasteiger partial charge in [-0.3, -0.25) is 0 Å². The highest BCUT2D eigenvalue weighted by Crippen LogP contribution is 2.30. The second-order valence-electron chi connectivity index (χ2n) is 4.37. The molecule has 1 aromatic carbocycles. The first-order valence-electron chi connectivity index (χ1n) is 6.51. The number of thioether (sulfide) groups is 1. The molecule has 0 unspecified atom stereocenters. The average Bonchev–Trinajstić information content (AvgIpc) is 3.15. The Morgan fingerprint density at radius 1 is 1.23 bits per heavy atom. The lowest BCUT2D eigenvalue weighted by Crippen LogP contribution is -1.89. The minimum Gasteiger partial charge on any atom is -0.497 e. The summed E-state index contributed by atoms with van der Waals surface area (Å²) in [6.45, 7) is 2.01. The highest BCUT2D eigenvalue weighted by molar-refractivity contribution is 8.00. The molecule has 0 spiro atoms. The number of thiazole rings is 1. The zero-order valence-electron chi connectivity index (χ0n) is 12.1. The van der Waals surface area contributed by atoms with Gasteiger partial charge in [-0.25, -0.2) is 4.98 Å². The van der Waals surface area contributed by atoms with E-state index in [9.17, 15) is 0 Å². The van der Waals surface area contributed by atoms with E-state index in [1.54, 1.807) is 30.2 Å². The number of aromatic nitrogens is 3. The van der Waals surface area contributed by atoms with Crippen molar-refractivity contribution >= 4 is 45.3 Å². The lowest BCUT2D eigenvalue weighted by atomic mass is 10.3. The van der Waals surface area contributed by atoms with Gasteiger partial charge >= 0.3 is 0 Å². The minimum atomic E-state index is 0.780. The first-order valence-corrected chi connectivity index (χ1v) is 9.19. The predicted molar refractivity (Wildman–Crippen MR) is 92.6 cm³/mol. The fraction of sp³-hybridized carbons (Fsp3) is 0.214. The Labute approximate surface area is 140 Å². The molecular formula is C14H14N4OS3. The van der Waals surface area contributed by atoms with E-state index in [4.69, 9.17) is 4.74 Å². The highest BCUT2D eigenvalue weighted by Gasteiger charge is 2.07. The zero-order chi connectivity index (χ0) is 15.4. The highest BCUT2D eigenvalue weighted by atomic mass is 32.2. The van der Waals surface area contributed by atoms with Crippen molar-refractivity contribution in [3.63, 3.8) is 0 Å². The monoisotopic (exact) mass is 350 g/mol. The fourth-order valence-electron chi connectivity index (χ4n) is 1.73. The number of anilines is 2. The van der Waals surface area contributed by atoms with Crippen molar-refractivity contribution in [3.05, 3.63) is 40.3 Å².